The Morgan fingerprint density at radius 1 is 1.06 bits per heavy atom. The number of hydrogen-bond donors (Lipinski definition) is 0. The molecule has 3 aliphatic carbocycles. The molecule has 1 heterocycles. The van der Waals surface area contributed by atoms with Crippen molar-refractivity contribution in [3.8, 4) is 0 Å². The van der Waals surface area contributed by atoms with Gasteiger partial charge in [-0.3, -0.25) is 9.59 Å². The molecule has 1 aliphatic heterocycles. The number of hydrogen-bond acceptors (Lipinski definition) is 6. The fourth-order valence-corrected chi connectivity index (χ4v) is 5.67. The summed E-state index contributed by atoms with van der Waals surface area (Å²) in [6, 6.07) is 14.0. The van der Waals surface area contributed by atoms with Gasteiger partial charge in [0.25, 0.3) is 0 Å². The maximum absolute atomic E-state index is 13.1. The molecule has 2 aromatic carbocycles. The zero-order chi connectivity index (χ0) is 23.5. The molecule has 0 aromatic heterocycles. The molecular weight excluding hydrogens is 420 g/mol. The molecule has 4 unspecified atom stereocenters. The van der Waals surface area contributed by atoms with Crippen molar-refractivity contribution in [1.29, 1.82) is 0 Å². The van der Waals surface area contributed by atoms with Gasteiger partial charge in [-0.25, -0.2) is 4.79 Å². The van der Waals surface area contributed by atoms with Crippen LogP contribution in [0.4, 0.5) is 0 Å². The Kier molecular flexibility index (Phi) is 4.83. The van der Waals surface area contributed by atoms with Gasteiger partial charge in [0.2, 0.25) is 0 Å². The summed E-state index contributed by atoms with van der Waals surface area (Å²) in [6.07, 6.45) is 1.09. The van der Waals surface area contributed by atoms with Gasteiger partial charge in [0.15, 0.2) is 0 Å². The molecule has 33 heavy (non-hydrogen) atoms. The molecule has 0 saturated carbocycles. The highest BCUT2D eigenvalue weighted by Gasteiger charge is 2.68. The standard InChI is InChI=1S/C27H26O6/c1-5-20(28)31-12-13-32-27-18-9-7-6-8-16(18)21(22-23(27)25(30)33-24(22)29)17-11-10-15(14-19(17)27)26(2,3)4/h5-11,14,21-23H,1,12-13H2,2-4H3. The number of rotatable bonds is 5. The summed E-state index contributed by atoms with van der Waals surface area (Å²) in [6.45, 7) is 9.82. The first-order valence-electron chi connectivity index (χ1n) is 11.1. The fourth-order valence-electron chi connectivity index (χ4n) is 5.67. The fraction of sp³-hybridized carbons (Fsp3) is 0.370. The highest BCUT2D eigenvalue weighted by Crippen LogP contribution is 2.64. The van der Waals surface area contributed by atoms with Crippen molar-refractivity contribution in [2.75, 3.05) is 13.2 Å². The van der Waals surface area contributed by atoms with Crippen molar-refractivity contribution in [2.45, 2.75) is 37.7 Å². The summed E-state index contributed by atoms with van der Waals surface area (Å²) in [4.78, 5) is 37.5. The SMILES string of the molecule is C=CC(=O)OCCOC12c3ccccc3C(c3ccc(C(C)(C)C)cc31)C1C(=O)OC(=O)C12. The molecule has 0 amide bonds. The van der Waals surface area contributed by atoms with Gasteiger partial charge >= 0.3 is 17.9 Å². The average molecular weight is 446 g/mol. The molecule has 0 radical (unpaired) electrons. The number of esters is 3. The monoisotopic (exact) mass is 446 g/mol. The molecule has 6 nitrogen and oxygen atoms in total. The minimum Gasteiger partial charge on any atom is -0.460 e. The number of cyclic esters (lactones) is 2. The second kappa shape index (κ2) is 7.39. The van der Waals surface area contributed by atoms with Crippen molar-refractivity contribution in [3.05, 3.63) is 82.9 Å². The smallest absolute Gasteiger partial charge is 0.330 e. The van der Waals surface area contributed by atoms with E-state index in [1.807, 2.05) is 24.3 Å². The highest BCUT2D eigenvalue weighted by molar-refractivity contribution is 6.00. The molecule has 2 aromatic rings. The number of carbonyl (C=O) groups is 3. The van der Waals surface area contributed by atoms with E-state index >= 15 is 0 Å². The van der Waals surface area contributed by atoms with Crippen molar-refractivity contribution in [3.63, 3.8) is 0 Å². The Morgan fingerprint density at radius 2 is 1.79 bits per heavy atom. The van der Waals surface area contributed by atoms with Gasteiger partial charge in [-0.15, -0.1) is 0 Å². The zero-order valence-corrected chi connectivity index (χ0v) is 18.9. The number of carbonyl (C=O) groups excluding carboxylic acids is 3. The summed E-state index contributed by atoms with van der Waals surface area (Å²) in [5, 5.41) is 0. The minimum atomic E-state index is -1.21. The van der Waals surface area contributed by atoms with Gasteiger partial charge in [0.1, 0.15) is 18.1 Å². The van der Waals surface area contributed by atoms with E-state index in [1.165, 1.54) is 0 Å². The largest absolute Gasteiger partial charge is 0.460 e. The van der Waals surface area contributed by atoms with Crippen LogP contribution in [0.2, 0.25) is 0 Å². The van der Waals surface area contributed by atoms with Crippen molar-refractivity contribution in [1.82, 2.24) is 0 Å². The van der Waals surface area contributed by atoms with E-state index in [0.29, 0.717) is 0 Å². The maximum atomic E-state index is 13.1. The Balaban J connectivity index is 1.72. The molecule has 4 aliphatic rings. The lowest BCUT2D eigenvalue weighted by atomic mass is 9.52. The summed E-state index contributed by atoms with van der Waals surface area (Å²) in [5.41, 5.74) is 3.43. The van der Waals surface area contributed by atoms with Crippen molar-refractivity contribution < 1.29 is 28.6 Å². The van der Waals surface area contributed by atoms with Gasteiger partial charge in [-0.05, 0) is 33.2 Å². The van der Waals surface area contributed by atoms with Gasteiger partial charge < -0.3 is 14.2 Å². The second-order valence-electron chi connectivity index (χ2n) is 9.82. The van der Waals surface area contributed by atoms with Crippen LogP contribution in [0, 0.1) is 11.8 Å². The van der Waals surface area contributed by atoms with E-state index in [4.69, 9.17) is 14.2 Å². The molecule has 6 heteroatoms. The predicted octanol–water partition coefficient (Wildman–Crippen LogP) is 3.75. The predicted molar refractivity (Wildman–Crippen MR) is 119 cm³/mol. The Hall–Kier alpha value is -3.25. The van der Waals surface area contributed by atoms with Gasteiger partial charge in [0, 0.05) is 12.0 Å². The third kappa shape index (κ3) is 3.00. The molecule has 0 spiro atoms. The van der Waals surface area contributed by atoms with Crippen LogP contribution in [0.25, 0.3) is 0 Å². The van der Waals surface area contributed by atoms with Crippen LogP contribution >= 0.6 is 0 Å². The summed E-state index contributed by atoms with van der Waals surface area (Å²) >= 11 is 0. The Labute approximate surface area is 192 Å². The van der Waals surface area contributed by atoms with E-state index < -0.39 is 35.3 Å². The van der Waals surface area contributed by atoms with Gasteiger partial charge in [-0.1, -0.05) is 69.8 Å². The summed E-state index contributed by atoms with van der Waals surface area (Å²) in [5.74, 6) is -3.37. The quantitative estimate of drug-likeness (QED) is 0.301. The topological polar surface area (TPSA) is 78.9 Å². The molecule has 6 rings (SSSR count). The maximum Gasteiger partial charge on any atom is 0.330 e. The molecule has 2 bridgehead atoms. The van der Waals surface area contributed by atoms with E-state index in [1.54, 1.807) is 0 Å². The first-order chi connectivity index (χ1) is 15.7. The van der Waals surface area contributed by atoms with Crippen LogP contribution in [0.5, 0.6) is 0 Å². The summed E-state index contributed by atoms with van der Waals surface area (Å²) < 4.78 is 16.9. The van der Waals surface area contributed by atoms with E-state index in [2.05, 4.69) is 45.5 Å². The average Bonchev–Trinajstić information content (AvgIpc) is 3.10. The molecule has 1 fully saturated rings. The highest BCUT2D eigenvalue weighted by atomic mass is 16.6. The van der Waals surface area contributed by atoms with E-state index in [0.717, 1.165) is 33.9 Å². The van der Waals surface area contributed by atoms with Crippen molar-refractivity contribution >= 4 is 17.9 Å². The lowest BCUT2D eigenvalue weighted by molar-refractivity contribution is -0.160. The van der Waals surface area contributed by atoms with Crippen LogP contribution in [-0.4, -0.2) is 31.1 Å². The Morgan fingerprint density at radius 3 is 2.52 bits per heavy atom. The molecule has 1 saturated heterocycles. The van der Waals surface area contributed by atoms with Crippen LogP contribution in [0.3, 0.4) is 0 Å². The third-order valence-electron chi connectivity index (χ3n) is 7.06. The molecule has 170 valence electrons. The molecule has 0 N–H and O–H groups in total. The van der Waals surface area contributed by atoms with Gasteiger partial charge in [0.05, 0.1) is 12.5 Å². The molecule has 4 atom stereocenters. The van der Waals surface area contributed by atoms with Crippen molar-refractivity contribution in [2.24, 2.45) is 11.8 Å². The van der Waals surface area contributed by atoms with Gasteiger partial charge in [-0.2, -0.15) is 0 Å². The normalized spacial score (nSPS) is 26.8. The van der Waals surface area contributed by atoms with E-state index in [-0.39, 0.29) is 24.5 Å². The zero-order valence-electron chi connectivity index (χ0n) is 18.9. The first kappa shape index (κ1) is 21.6. The second-order valence-corrected chi connectivity index (χ2v) is 9.82. The number of ether oxygens (including phenoxy) is 3. The third-order valence-corrected chi connectivity index (χ3v) is 7.06. The van der Waals surface area contributed by atoms with Crippen LogP contribution in [0.1, 0.15) is 54.5 Å². The summed E-state index contributed by atoms with van der Waals surface area (Å²) in [7, 11) is 0. The lowest BCUT2D eigenvalue weighted by Crippen LogP contribution is -2.55. The Bertz CT molecular complexity index is 1190. The van der Waals surface area contributed by atoms with Crippen LogP contribution < -0.4 is 0 Å². The molecular formula is C27H26O6. The van der Waals surface area contributed by atoms with Crippen LogP contribution in [-0.2, 0) is 39.6 Å². The number of benzene rings is 2. The van der Waals surface area contributed by atoms with E-state index in [9.17, 15) is 14.4 Å². The first-order valence-corrected chi connectivity index (χ1v) is 11.1. The minimum absolute atomic E-state index is 0.00707. The van der Waals surface area contributed by atoms with Crippen LogP contribution in [0.15, 0.2) is 55.1 Å². The lowest BCUT2D eigenvalue weighted by Gasteiger charge is -2.53.